The highest BCUT2D eigenvalue weighted by molar-refractivity contribution is 8.06. The van der Waals surface area contributed by atoms with Crippen LogP contribution in [0.2, 0.25) is 0 Å². The minimum atomic E-state index is -4.38. The molecule has 4 aromatic rings. The molecule has 0 spiro atoms. The molecule has 1 heterocycles. The molecule has 170 valence electrons. The van der Waals surface area contributed by atoms with Crippen molar-refractivity contribution in [2.45, 2.75) is 11.8 Å². The number of oxazole rings is 1. The highest BCUT2D eigenvalue weighted by atomic mass is 32.2. The summed E-state index contributed by atoms with van der Waals surface area (Å²) < 4.78 is 98.3. The minimum absolute atomic E-state index is 0.0690. The number of carbonyl (C=O) groups is 1. The third-order valence-electron chi connectivity index (χ3n) is 4.63. The molecule has 1 aromatic heterocycles. The summed E-state index contributed by atoms with van der Waals surface area (Å²) in [6.07, 6.45) is 0. The first-order chi connectivity index (χ1) is 15.5. The van der Waals surface area contributed by atoms with Crippen LogP contribution < -0.4 is 5.32 Å². The normalized spacial score (nSPS) is 11.7. The number of sulfone groups is 1. The summed E-state index contributed by atoms with van der Waals surface area (Å²) >= 11 is 0. The Hall–Kier alpha value is -3.80. The van der Waals surface area contributed by atoms with Crippen LogP contribution in [0.15, 0.2) is 51.8 Å². The molecule has 0 saturated heterocycles. The molecular weight excluding hydrogens is 471 g/mol. The fraction of sp³-hybridized carbons (Fsp3) is 0.0476. The van der Waals surface area contributed by atoms with Gasteiger partial charge in [-0.2, -0.15) is 0 Å². The number of hydrogen-bond acceptors (Lipinski definition) is 5. The summed E-state index contributed by atoms with van der Waals surface area (Å²) in [7, 11) is -4.38. The van der Waals surface area contributed by atoms with Crippen LogP contribution in [0.3, 0.4) is 0 Å². The Morgan fingerprint density at radius 1 is 0.879 bits per heavy atom. The molecule has 3 aromatic carbocycles. The largest absolute Gasteiger partial charge is 0.436 e. The maximum absolute atomic E-state index is 14.0. The molecule has 0 fully saturated rings. The van der Waals surface area contributed by atoms with Crippen LogP contribution in [0.1, 0.15) is 5.56 Å². The number of aromatic nitrogens is 1. The molecule has 0 bridgehead atoms. The second-order valence-corrected chi connectivity index (χ2v) is 8.72. The van der Waals surface area contributed by atoms with Gasteiger partial charge < -0.3 is 9.73 Å². The molecule has 1 amide bonds. The number of fused-ring (bicyclic) bond motifs is 1. The van der Waals surface area contributed by atoms with Gasteiger partial charge in [0.15, 0.2) is 28.9 Å². The lowest BCUT2D eigenvalue weighted by molar-refractivity contribution is 0.267. The van der Waals surface area contributed by atoms with Crippen molar-refractivity contribution in [3.05, 3.63) is 77.1 Å². The predicted octanol–water partition coefficient (Wildman–Crippen LogP) is 5.50. The van der Waals surface area contributed by atoms with Gasteiger partial charge in [0.25, 0.3) is 9.84 Å². The average molecular weight is 482 g/mol. The summed E-state index contributed by atoms with van der Waals surface area (Å²) in [5.41, 5.74) is -0.904. The Morgan fingerprint density at radius 2 is 1.45 bits per heavy atom. The number of amides is 1. The van der Waals surface area contributed by atoms with Gasteiger partial charge in [-0.3, -0.25) is 4.79 Å². The molecule has 0 aliphatic carbocycles. The molecule has 0 saturated carbocycles. The minimum Gasteiger partial charge on any atom is -0.436 e. The van der Waals surface area contributed by atoms with Gasteiger partial charge in [0.1, 0.15) is 11.1 Å². The molecule has 0 radical (unpaired) electrons. The zero-order valence-electron chi connectivity index (χ0n) is 16.4. The summed E-state index contributed by atoms with van der Waals surface area (Å²) in [6, 6.07) is 9.05. The lowest BCUT2D eigenvalue weighted by atomic mass is 10.1. The van der Waals surface area contributed by atoms with Gasteiger partial charge in [-0.05, 0) is 37.3 Å². The van der Waals surface area contributed by atoms with Crippen LogP contribution >= 0.6 is 0 Å². The predicted molar refractivity (Wildman–Crippen MR) is 107 cm³/mol. The van der Waals surface area contributed by atoms with E-state index in [1.807, 2.05) is 0 Å². The molecule has 4 rings (SSSR count). The SMILES string of the molecule is Cc1ccc(S(=O)(=O)C(=O)Nc2ccc3oc(-c4c(F)c(F)c(F)c(F)c4F)nc3c2)cc1. The van der Waals surface area contributed by atoms with Crippen LogP contribution in [0, 0.1) is 36.0 Å². The zero-order chi connectivity index (χ0) is 24.1. The topological polar surface area (TPSA) is 89.3 Å². The molecular formula is C21H11F5N2O4S. The van der Waals surface area contributed by atoms with Crippen LogP contribution in [0.25, 0.3) is 22.6 Å². The first-order valence-corrected chi connectivity index (χ1v) is 10.5. The Labute approximate surface area is 182 Å². The Kier molecular flexibility index (Phi) is 5.40. The first kappa shape index (κ1) is 22.4. The highest BCUT2D eigenvalue weighted by Crippen LogP contribution is 2.33. The average Bonchev–Trinajstić information content (AvgIpc) is 3.19. The maximum atomic E-state index is 14.0. The molecule has 0 aliphatic rings. The van der Waals surface area contributed by atoms with E-state index in [1.54, 1.807) is 6.92 Å². The molecule has 0 aliphatic heterocycles. The molecule has 6 nitrogen and oxygen atoms in total. The summed E-state index contributed by atoms with van der Waals surface area (Å²) in [5.74, 6) is -11.8. The van der Waals surface area contributed by atoms with Gasteiger partial charge in [-0.25, -0.2) is 35.4 Å². The van der Waals surface area contributed by atoms with Gasteiger partial charge in [0.2, 0.25) is 11.7 Å². The zero-order valence-corrected chi connectivity index (χ0v) is 17.2. The molecule has 0 unspecified atom stereocenters. The van der Waals surface area contributed by atoms with E-state index in [9.17, 15) is 35.2 Å². The van der Waals surface area contributed by atoms with Gasteiger partial charge in [0, 0.05) is 5.69 Å². The smallest absolute Gasteiger partial charge is 0.345 e. The second-order valence-electron chi connectivity index (χ2n) is 6.88. The van der Waals surface area contributed by atoms with Crippen molar-refractivity contribution in [3.8, 4) is 11.5 Å². The van der Waals surface area contributed by atoms with E-state index in [0.29, 0.717) is 0 Å². The first-order valence-electron chi connectivity index (χ1n) is 9.06. The quantitative estimate of drug-likeness (QED) is 0.237. The summed E-state index contributed by atoms with van der Waals surface area (Å²) in [4.78, 5) is 15.8. The Bertz CT molecular complexity index is 1500. The number of nitrogens with zero attached hydrogens (tertiary/aromatic N) is 1. The number of hydrogen-bond donors (Lipinski definition) is 1. The second kappa shape index (κ2) is 7.96. The van der Waals surface area contributed by atoms with Crippen molar-refractivity contribution in [1.29, 1.82) is 0 Å². The van der Waals surface area contributed by atoms with Crippen molar-refractivity contribution in [3.63, 3.8) is 0 Å². The van der Waals surface area contributed by atoms with Crippen molar-refractivity contribution in [2.24, 2.45) is 0 Å². The van der Waals surface area contributed by atoms with Gasteiger partial charge >= 0.3 is 5.24 Å². The van der Waals surface area contributed by atoms with E-state index in [2.05, 4.69) is 10.3 Å². The summed E-state index contributed by atoms with van der Waals surface area (Å²) in [5, 5.41) is 0.806. The Balaban J connectivity index is 1.69. The lowest BCUT2D eigenvalue weighted by Gasteiger charge is -2.06. The van der Waals surface area contributed by atoms with Gasteiger partial charge in [0.05, 0.1) is 4.90 Å². The fourth-order valence-corrected chi connectivity index (χ4v) is 3.87. The van der Waals surface area contributed by atoms with Crippen LogP contribution in [0.5, 0.6) is 0 Å². The standard InChI is InChI=1S/C21H11F5N2O4S/c1-9-2-5-11(6-3-9)33(30,31)21(29)27-10-4-7-13-12(8-10)28-20(32-13)14-15(22)17(24)19(26)18(25)16(14)23/h2-8H,1H3,(H,27,29). The number of halogens is 5. The molecule has 12 heteroatoms. The molecule has 1 N–H and O–H groups in total. The van der Waals surface area contributed by atoms with E-state index in [-0.39, 0.29) is 21.7 Å². The number of aryl methyl sites for hydroxylation is 1. The van der Waals surface area contributed by atoms with Gasteiger partial charge in [-0.15, -0.1) is 0 Å². The number of carbonyl (C=O) groups excluding carboxylic acids is 1. The van der Waals surface area contributed by atoms with E-state index in [4.69, 9.17) is 4.42 Å². The third-order valence-corrected chi connectivity index (χ3v) is 6.12. The highest BCUT2D eigenvalue weighted by Gasteiger charge is 2.30. The lowest BCUT2D eigenvalue weighted by Crippen LogP contribution is -2.21. The van der Waals surface area contributed by atoms with E-state index >= 15 is 0 Å². The number of nitrogens with one attached hydrogen (secondary N) is 1. The van der Waals surface area contributed by atoms with Crippen LogP contribution in [0.4, 0.5) is 32.4 Å². The fourth-order valence-electron chi connectivity index (χ4n) is 2.91. The van der Waals surface area contributed by atoms with Crippen molar-refractivity contribution < 1.29 is 39.6 Å². The summed E-state index contributed by atoms with van der Waals surface area (Å²) in [6.45, 7) is 1.74. The van der Waals surface area contributed by atoms with E-state index in [1.165, 1.54) is 36.4 Å². The van der Waals surface area contributed by atoms with Crippen molar-refractivity contribution in [1.82, 2.24) is 4.98 Å². The van der Waals surface area contributed by atoms with E-state index < -0.39 is 55.6 Å². The molecule has 33 heavy (non-hydrogen) atoms. The van der Waals surface area contributed by atoms with Crippen LogP contribution in [-0.4, -0.2) is 18.6 Å². The number of anilines is 1. The van der Waals surface area contributed by atoms with Crippen molar-refractivity contribution >= 4 is 31.9 Å². The molecule has 0 atom stereocenters. The van der Waals surface area contributed by atoms with Crippen LogP contribution in [-0.2, 0) is 9.84 Å². The third kappa shape index (κ3) is 3.82. The Morgan fingerprint density at radius 3 is 2.06 bits per heavy atom. The van der Waals surface area contributed by atoms with Crippen molar-refractivity contribution in [2.75, 3.05) is 5.32 Å². The van der Waals surface area contributed by atoms with Gasteiger partial charge in [-0.1, -0.05) is 17.7 Å². The number of benzene rings is 3. The monoisotopic (exact) mass is 482 g/mol. The van der Waals surface area contributed by atoms with E-state index in [0.717, 1.165) is 11.6 Å². The maximum Gasteiger partial charge on any atom is 0.345 e. The number of rotatable bonds is 3.